The number of anilines is 1. The molecule has 0 radical (unpaired) electrons. The van der Waals surface area contributed by atoms with Gasteiger partial charge in [0.15, 0.2) is 5.13 Å². The second-order valence-corrected chi connectivity index (χ2v) is 6.99. The highest BCUT2D eigenvalue weighted by atomic mass is 32.1. The van der Waals surface area contributed by atoms with E-state index in [1.807, 2.05) is 55.5 Å². The van der Waals surface area contributed by atoms with Gasteiger partial charge >= 0.3 is 0 Å². The van der Waals surface area contributed by atoms with Crippen LogP contribution in [0.5, 0.6) is 0 Å². The molecule has 7 heteroatoms. The van der Waals surface area contributed by atoms with Gasteiger partial charge in [-0.25, -0.2) is 14.6 Å². The summed E-state index contributed by atoms with van der Waals surface area (Å²) in [5, 5.41) is 4.73. The first-order valence-electron chi connectivity index (χ1n) is 8.23. The molecule has 0 aliphatic rings. The number of carbonyl (C=O) groups excluding carboxylic acids is 1. The molecule has 6 nitrogen and oxygen atoms in total. The standard InChI is InChI=1S/C19H17N5OS/c1-14-6-5-9-16-18(14)22-19(26-16)24(10-15-7-3-2-4-8-15)17(25)11-23-13-20-12-21-23/h2-9,12-13H,10-11H2,1H3. The van der Waals surface area contributed by atoms with Crippen LogP contribution in [0.2, 0.25) is 0 Å². The Morgan fingerprint density at radius 3 is 2.73 bits per heavy atom. The molecule has 4 rings (SSSR count). The molecule has 0 bridgehead atoms. The summed E-state index contributed by atoms with van der Waals surface area (Å²) < 4.78 is 2.60. The molecule has 0 aliphatic heterocycles. The fourth-order valence-corrected chi connectivity index (χ4v) is 3.82. The Hall–Kier alpha value is -3.06. The number of carbonyl (C=O) groups is 1. The molecule has 0 atom stereocenters. The van der Waals surface area contributed by atoms with Gasteiger partial charge in [0, 0.05) is 0 Å². The zero-order valence-electron chi connectivity index (χ0n) is 14.2. The lowest BCUT2D eigenvalue weighted by Crippen LogP contribution is -2.33. The van der Waals surface area contributed by atoms with Crippen LogP contribution in [-0.2, 0) is 17.9 Å². The van der Waals surface area contributed by atoms with Crippen LogP contribution < -0.4 is 4.90 Å². The van der Waals surface area contributed by atoms with Crippen molar-refractivity contribution in [3.8, 4) is 0 Å². The molecule has 130 valence electrons. The van der Waals surface area contributed by atoms with Gasteiger partial charge in [0.25, 0.3) is 5.91 Å². The van der Waals surface area contributed by atoms with Crippen molar-refractivity contribution in [2.75, 3.05) is 4.90 Å². The van der Waals surface area contributed by atoms with E-state index in [1.54, 1.807) is 11.2 Å². The van der Waals surface area contributed by atoms with Crippen LogP contribution in [0.3, 0.4) is 0 Å². The van der Waals surface area contributed by atoms with Crippen molar-refractivity contribution in [2.45, 2.75) is 20.0 Å². The van der Waals surface area contributed by atoms with Crippen LogP contribution in [0.4, 0.5) is 5.13 Å². The van der Waals surface area contributed by atoms with E-state index >= 15 is 0 Å². The topological polar surface area (TPSA) is 63.9 Å². The summed E-state index contributed by atoms with van der Waals surface area (Å²) in [4.78, 5) is 23.3. The van der Waals surface area contributed by atoms with Crippen LogP contribution in [-0.4, -0.2) is 25.7 Å². The summed E-state index contributed by atoms with van der Waals surface area (Å²) in [5.74, 6) is -0.0731. The van der Waals surface area contributed by atoms with E-state index in [-0.39, 0.29) is 12.5 Å². The number of rotatable bonds is 5. The monoisotopic (exact) mass is 363 g/mol. The van der Waals surface area contributed by atoms with Gasteiger partial charge < -0.3 is 0 Å². The summed E-state index contributed by atoms with van der Waals surface area (Å²) in [6, 6.07) is 16.0. The molecule has 1 amide bonds. The predicted octanol–water partition coefficient (Wildman–Crippen LogP) is 3.43. The third-order valence-corrected chi connectivity index (χ3v) is 5.13. The molecule has 26 heavy (non-hydrogen) atoms. The minimum absolute atomic E-state index is 0.0731. The first-order chi connectivity index (χ1) is 12.7. The van der Waals surface area contributed by atoms with Crippen molar-refractivity contribution in [2.24, 2.45) is 0 Å². The maximum Gasteiger partial charge on any atom is 0.250 e. The Morgan fingerprint density at radius 1 is 1.15 bits per heavy atom. The van der Waals surface area contributed by atoms with Gasteiger partial charge in [0.2, 0.25) is 0 Å². The van der Waals surface area contributed by atoms with Crippen molar-refractivity contribution in [3.05, 3.63) is 72.3 Å². The van der Waals surface area contributed by atoms with E-state index in [0.717, 1.165) is 21.3 Å². The zero-order valence-corrected chi connectivity index (χ0v) is 15.1. The number of fused-ring (bicyclic) bond motifs is 1. The molecule has 0 fully saturated rings. The number of para-hydroxylation sites is 1. The highest BCUT2D eigenvalue weighted by Gasteiger charge is 2.21. The fraction of sp³-hybridized carbons (Fsp3) is 0.158. The average molecular weight is 363 g/mol. The molecule has 2 heterocycles. The van der Waals surface area contributed by atoms with E-state index in [0.29, 0.717) is 11.7 Å². The lowest BCUT2D eigenvalue weighted by molar-refractivity contribution is -0.119. The third kappa shape index (κ3) is 3.34. The summed E-state index contributed by atoms with van der Waals surface area (Å²) in [6.07, 6.45) is 2.97. The first kappa shape index (κ1) is 16.4. The summed E-state index contributed by atoms with van der Waals surface area (Å²) in [7, 11) is 0. The number of hydrogen-bond acceptors (Lipinski definition) is 5. The van der Waals surface area contributed by atoms with Crippen molar-refractivity contribution in [3.63, 3.8) is 0 Å². The van der Waals surface area contributed by atoms with Crippen LogP contribution in [0.25, 0.3) is 10.2 Å². The Morgan fingerprint density at radius 2 is 2.00 bits per heavy atom. The van der Waals surface area contributed by atoms with Gasteiger partial charge in [-0.2, -0.15) is 5.10 Å². The molecule has 0 spiro atoms. The Balaban J connectivity index is 1.70. The van der Waals surface area contributed by atoms with Crippen LogP contribution in [0.1, 0.15) is 11.1 Å². The van der Waals surface area contributed by atoms with Crippen LogP contribution in [0.15, 0.2) is 61.2 Å². The molecular weight excluding hydrogens is 346 g/mol. The van der Waals surface area contributed by atoms with Gasteiger partial charge in [-0.05, 0) is 24.1 Å². The van der Waals surface area contributed by atoms with E-state index in [4.69, 9.17) is 4.98 Å². The van der Waals surface area contributed by atoms with Crippen LogP contribution >= 0.6 is 11.3 Å². The SMILES string of the molecule is Cc1cccc2sc(N(Cc3ccccc3)C(=O)Cn3cncn3)nc12. The Bertz CT molecular complexity index is 1030. The summed E-state index contributed by atoms with van der Waals surface area (Å²) >= 11 is 1.53. The molecule has 0 saturated heterocycles. The van der Waals surface area contributed by atoms with Crippen molar-refractivity contribution in [1.82, 2.24) is 19.7 Å². The summed E-state index contributed by atoms with van der Waals surface area (Å²) in [5.41, 5.74) is 3.10. The lowest BCUT2D eigenvalue weighted by atomic mass is 10.2. The van der Waals surface area contributed by atoms with E-state index in [1.165, 1.54) is 22.3 Å². The average Bonchev–Trinajstić information content (AvgIpc) is 3.30. The van der Waals surface area contributed by atoms with Crippen molar-refractivity contribution < 1.29 is 4.79 Å². The maximum absolute atomic E-state index is 13.0. The highest BCUT2D eigenvalue weighted by molar-refractivity contribution is 7.22. The smallest absolute Gasteiger partial charge is 0.250 e. The molecule has 0 aliphatic carbocycles. The number of amides is 1. The molecular formula is C19H17N5OS. The van der Waals surface area contributed by atoms with Gasteiger partial charge in [-0.15, -0.1) is 0 Å². The largest absolute Gasteiger partial charge is 0.282 e. The van der Waals surface area contributed by atoms with Crippen molar-refractivity contribution >= 4 is 32.6 Å². The Kier molecular flexibility index (Phi) is 4.45. The minimum atomic E-state index is -0.0731. The lowest BCUT2D eigenvalue weighted by Gasteiger charge is -2.20. The first-order valence-corrected chi connectivity index (χ1v) is 9.05. The second-order valence-electron chi connectivity index (χ2n) is 5.98. The fourth-order valence-electron chi connectivity index (χ4n) is 2.76. The van der Waals surface area contributed by atoms with Crippen molar-refractivity contribution in [1.29, 1.82) is 0 Å². The Labute approximate surface area is 154 Å². The number of hydrogen-bond donors (Lipinski definition) is 0. The number of benzene rings is 2. The summed E-state index contributed by atoms with van der Waals surface area (Å²) in [6.45, 7) is 2.62. The maximum atomic E-state index is 13.0. The quantitative estimate of drug-likeness (QED) is 0.545. The van der Waals surface area contributed by atoms with Gasteiger partial charge in [0.1, 0.15) is 19.2 Å². The molecule has 2 aromatic heterocycles. The predicted molar refractivity (Wildman–Crippen MR) is 102 cm³/mol. The number of nitrogens with zero attached hydrogens (tertiary/aromatic N) is 5. The number of aryl methyl sites for hydroxylation is 1. The molecule has 0 N–H and O–H groups in total. The second kappa shape index (κ2) is 7.05. The molecule has 4 aromatic rings. The minimum Gasteiger partial charge on any atom is -0.282 e. The van der Waals surface area contributed by atoms with Gasteiger partial charge in [-0.3, -0.25) is 9.69 Å². The van der Waals surface area contributed by atoms with Gasteiger partial charge in [-0.1, -0.05) is 53.8 Å². The van der Waals surface area contributed by atoms with E-state index in [2.05, 4.69) is 10.1 Å². The number of thiazole rings is 1. The van der Waals surface area contributed by atoms with E-state index < -0.39 is 0 Å². The molecule has 2 aromatic carbocycles. The number of aromatic nitrogens is 4. The molecule has 0 unspecified atom stereocenters. The van der Waals surface area contributed by atoms with Gasteiger partial charge in [0.05, 0.1) is 16.8 Å². The van der Waals surface area contributed by atoms with E-state index in [9.17, 15) is 4.79 Å². The normalized spacial score (nSPS) is 11.0. The highest BCUT2D eigenvalue weighted by Crippen LogP contribution is 2.31. The zero-order chi connectivity index (χ0) is 17.9. The van der Waals surface area contributed by atoms with Crippen LogP contribution in [0, 0.1) is 6.92 Å². The molecule has 0 saturated carbocycles. The third-order valence-electron chi connectivity index (χ3n) is 4.09.